The molecule has 1 atom stereocenters. The highest BCUT2D eigenvalue weighted by atomic mass is 16.5. The highest BCUT2D eigenvalue weighted by Gasteiger charge is 2.15. The van der Waals surface area contributed by atoms with Gasteiger partial charge in [0, 0.05) is 32.8 Å². The monoisotopic (exact) mass is 362 g/mol. The Morgan fingerprint density at radius 2 is 2.15 bits per heavy atom. The Kier molecular flexibility index (Phi) is 7.51. The van der Waals surface area contributed by atoms with Crippen molar-refractivity contribution in [3.05, 3.63) is 18.3 Å². The molecule has 7 nitrogen and oxygen atoms in total. The molecule has 2 N–H and O–H groups in total. The van der Waals surface area contributed by atoms with Gasteiger partial charge in [0.2, 0.25) is 0 Å². The highest BCUT2D eigenvalue weighted by molar-refractivity contribution is 5.89. The Hall–Kier alpha value is -1.86. The zero-order valence-corrected chi connectivity index (χ0v) is 15.4. The summed E-state index contributed by atoms with van der Waals surface area (Å²) < 4.78 is 11.1. The smallest absolute Gasteiger partial charge is 0.319 e. The second-order valence-corrected chi connectivity index (χ2v) is 6.90. The molecule has 0 spiro atoms. The van der Waals surface area contributed by atoms with Gasteiger partial charge in [-0.25, -0.2) is 9.78 Å². The number of aromatic nitrogens is 1. The molecule has 0 aliphatic carbocycles. The average molecular weight is 362 g/mol. The van der Waals surface area contributed by atoms with Gasteiger partial charge in [0.25, 0.3) is 0 Å². The van der Waals surface area contributed by atoms with Crippen LogP contribution in [0.5, 0.6) is 0 Å². The van der Waals surface area contributed by atoms with Crippen LogP contribution >= 0.6 is 0 Å². The number of urea groups is 1. The molecule has 0 saturated carbocycles. The highest BCUT2D eigenvalue weighted by Crippen LogP contribution is 2.18. The molecule has 0 unspecified atom stereocenters. The minimum absolute atomic E-state index is 0.211. The third kappa shape index (κ3) is 6.14. The number of hydrogen-bond acceptors (Lipinski definition) is 5. The Bertz CT molecular complexity index is 540. The van der Waals surface area contributed by atoms with E-state index in [1.165, 1.54) is 19.3 Å². The number of piperidine rings is 1. The molecule has 1 aromatic heterocycles. The Morgan fingerprint density at radius 3 is 2.88 bits per heavy atom. The lowest BCUT2D eigenvalue weighted by Gasteiger charge is -2.27. The third-order valence-electron chi connectivity index (χ3n) is 4.76. The van der Waals surface area contributed by atoms with Gasteiger partial charge in [-0.3, -0.25) is 0 Å². The lowest BCUT2D eigenvalue weighted by molar-refractivity contribution is 0.0168. The van der Waals surface area contributed by atoms with E-state index in [0.717, 1.165) is 44.8 Å². The van der Waals surface area contributed by atoms with Crippen LogP contribution in [0.4, 0.5) is 16.3 Å². The minimum atomic E-state index is -0.211. The summed E-state index contributed by atoms with van der Waals surface area (Å²) in [6.45, 7) is 4.85. The molecule has 144 valence electrons. The van der Waals surface area contributed by atoms with E-state index >= 15 is 0 Å². The van der Waals surface area contributed by atoms with Gasteiger partial charge in [-0.15, -0.1) is 0 Å². The Morgan fingerprint density at radius 1 is 1.27 bits per heavy atom. The van der Waals surface area contributed by atoms with E-state index in [2.05, 4.69) is 20.5 Å². The fourth-order valence-corrected chi connectivity index (χ4v) is 3.31. The first kappa shape index (κ1) is 18.9. The van der Waals surface area contributed by atoms with E-state index in [0.29, 0.717) is 25.4 Å². The number of nitrogens with zero attached hydrogens (tertiary/aromatic N) is 2. The molecule has 2 saturated heterocycles. The number of rotatable bonds is 8. The van der Waals surface area contributed by atoms with Crippen molar-refractivity contribution in [2.24, 2.45) is 0 Å². The Labute approximate surface area is 155 Å². The van der Waals surface area contributed by atoms with Gasteiger partial charge in [-0.1, -0.05) is 0 Å². The lowest BCUT2D eigenvalue weighted by Crippen LogP contribution is -2.31. The van der Waals surface area contributed by atoms with Gasteiger partial charge in [0.05, 0.1) is 24.6 Å². The average Bonchev–Trinajstić information content (AvgIpc) is 3.19. The van der Waals surface area contributed by atoms with E-state index in [1.54, 1.807) is 6.20 Å². The van der Waals surface area contributed by atoms with Gasteiger partial charge in [0.15, 0.2) is 0 Å². The molecule has 2 amide bonds. The standard InChI is InChI=1S/C19H30N4O3/c24-19(20-9-5-12-25-15-17-6-4-13-26-17)22-16-7-8-18(21-14-16)23-10-2-1-3-11-23/h7-8,14,17H,1-6,9-13,15H2,(H2,20,22,24)/t17-/m1/s1. The maximum absolute atomic E-state index is 11.9. The van der Waals surface area contributed by atoms with Crippen molar-refractivity contribution < 1.29 is 14.3 Å². The molecule has 0 radical (unpaired) electrons. The van der Waals surface area contributed by atoms with E-state index < -0.39 is 0 Å². The fraction of sp³-hybridized carbons (Fsp3) is 0.684. The van der Waals surface area contributed by atoms with Crippen LogP contribution in [-0.2, 0) is 9.47 Å². The number of anilines is 2. The van der Waals surface area contributed by atoms with Crippen LogP contribution in [0, 0.1) is 0 Å². The fourth-order valence-electron chi connectivity index (χ4n) is 3.31. The first-order chi connectivity index (χ1) is 12.8. The number of ether oxygens (including phenoxy) is 2. The van der Waals surface area contributed by atoms with Crippen LogP contribution < -0.4 is 15.5 Å². The first-order valence-corrected chi connectivity index (χ1v) is 9.76. The number of nitrogens with one attached hydrogen (secondary N) is 2. The number of hydrogen-bond donors (Lipinski definition) is 2. The molecule has 7 heteroatoms. The molecular formula is C19H30N4O3. The van der Waals surface area contributed by atoms with Crippen molar-refractivity contribution in [1.29, 1.82) is 0 Å². The second-order valence-electron chi connectivity index (χ2n) is 6.90. The van der Waals surface area contributed by atoms with Gasteiger partial charge in [0.1, 0.15) is 5.82 Å². The topological polar surface area (TPSA) is 75.7 Å². The summed E-state index contributed by atoms with van der Waals surface area (Å²) in [5, 5.41) is 5.65. The number of carbonyl (C=O) groups excluding carboxylic acids is 1. The van der Waals surface area contributed by atoms with Crippen molar-refractivity contribution in [2.45, 2.75) is 44.6 Å². The van der Waals surface area contributed by atoms with Crippen molar-refractivity contribution in [3.8, 4) is 0 Å². The maximum Gasteiger partial charge on any atom is 0.319 e. The molecule has 26 heavy (non-hydrogen) atoms. The SMILES string of the molecule is O=C(NCCCOC[C@H]1CCCO1)Nc1ccc(N2CCCCC2)nc1. The molecular weight excluding hydrogens is 332 g/mol. The summed E-state index contributed by atoms with van der Waals surface area (Å²) in [4.78, 5) is 18.7. The molecule has 3 heterocycles. The van der Waals surface area contributed by atoms with E-state index in [-0.39, 0.29) is 12.1 Å². The third-order valence-corrected chi connectivity index (χ3v) is 4.76. The summed E-state index contributed by atoms with van der Waals surface area (Å²) in [6.07, 6.45) is 8.72. The predicted molar refractivity (Wildman–Crippen MR) is 102 cm³/mol. The van der Waals surface area contributed by atoms with Gasteiger partial charge >= 0.3 is 6.03 Å². The summed E-state index contributed by atoms with van der Waals surface area (Å²) >= 11 is 0. The lowest BCUT2D eigenvalue weighted by atomic mass is 10.1. The number of carbonyl (C=O) groups is 1. The van der Waals surface area contributed by atoms with Gasteiger partial charge in [-0.05, 0) is 50.7 Å². The largest absolute Gasteiger partial charge is 0.379 e. The first-order valence-electron chi connectivity index (χ1n) is 9.76. The van der Waals surface area contributed by atoms with Crippen LogP contribution in [0.1, 0.15) is 38.5 Å². The zero-order valence-electron chi connectivity index (χ0n) is 15.4. The van der Waals surface area contributed by atoms with Gasteiger partial charge in [-0.2, -0.15) is 0 Å². The quantitative estimate of drug-likeness (QED) is 0.696. The molecule has 2 fully saturated rings. The van der Waals surface area contributed by atoms with Crippen molar-refractivity contribution in [2.75, 3.05) is 49.7 Å². The summed E-state index contributed by atoms with van der Waals surface area (Å²) in [7, 11) is 0. The maximum atomic E-state index is 11.9. The van der Waals surface area contributed by atoms with Crippen LogP contribution in [0.25, 0.3) is 0 Å². The van der Waals surface area contributed by atoms with Crippen molar-refractivity contribution in [1.82, 2.24) is 10.3 Å². The van der Waals surface area contributed by atoms with Crippen LogP contribution in [-0.4, -0.2) is 56.6 Å². The van der Waals surface area contributed by atoms with Crippen LogP contribution in [0.2, 0.25) is 0 Å². The summed E-state index contributed by atoms with van der Waals surface area (Å²) in [5.41, 5.74) is 0.706. The summed E-state index contributed by atoms with van der Waals surface area (Å²) in [6, 6.07) is 3.66. The Balaban J connectivity index is 1.28. The van der Waals surface area contributed by atoms with E-state index in [9.17, 15) is 4.79 Å². The van der Waals surface area contributed by atoms with E-state index in [1.807, 2.05) is 12.1 Å². The molecule has 0 bridgehead atoms. The van der Waals surface area contributed by atoms with Crippen LogP contribution in [0.15, 0.2) is 18.3 Å². The van der Waals surface area contributed by atoms with E-state index in [4.69, 9.17) is 9.47 Å². The summed E-state index contributed by atoms with van der Waals surface area (Å²) in [5.74, 6) is 0.985. The zero-order chi connectivity index (χ0) is 18.0. The predicted octanol–water partition coefficient (Wildman–Crippen LogP) is 2.78. The molecule has 3 rings (SSSR count). The minimum Gasteiger partial charge on any atom is -0.379 e. The van der Waals surface area contributed by atoms with Crippen molar-refractivity contribution >= 4 is 17.5 Å². The number of amides is 2. The molecule has 1 aromatic rings. The molecule has 0 aromatic carbocycles. The van der Waals surface area contributed by atoms with Crippen molar-refractivity contribution in [3.63, 3.8) is 0 Å². The van der Waals surface area contributed by atoms with Crippen LogP contribution in [0.3, 0.4) is 0 Å². The van der Waals surface area contributed by atoms with Gasteiger partial charge < -0.3 is 25.0 Å². The molecule has 2 aliphatic rings. The normalized spacial score (nSPS) is 20.2. The molecule has 2 aliphatic heterocycles. The number of pyridine rings is 1. The second kappa shape index (κ2) is 10.3.